The number of para-hydroxylation sites is 1. The zero-order valence-electron chi connectivity index (χ0n) is 18.8. The van der Waals surface area contributed by atoms with Crippen molar-refractivity contribution in [1.29, 1.82) is 0 Å². The molecule has 2 aromatic heterocycles. The largest absolute Gasteiger partial charge is 0.496 e. The van der Waals surface area contributed by atoms with Crippen molar-refractivity contribution >= 4 is 10.9 Å². The molecular weight excluding hydrogens is 426 g/mol. The fourth-order valence-corrected chi connectivity index (χ4v) is 4.20. The second-order valence-electron chi connectivity index (χ2n) is 8.37. The predicted molar refractivity (Wildman–Crippen MR) is 129 cm³/mol. The van der Waals surface area contributed by atoms with Gasteiger partial charge in [0.15, 0.2) is 5.82 Å². The molecule has 0 N–H and O–H groups in total. The lowest BCUT2D eigenvalue weighted by molar-refractivity contribution is 0.298. The molecule has 0 atom stereocenters. The molecule has 2 heterocycles. The van der Waals surface area contributed by atoms with E-state index >= 15 is 0 Å². The van der Waals surface area contributed by atoms with Crippen LogP contribution in [-0.4, -0.2) is 32.1 Å². The van der Waals surface area contributed by atoms with Gasteiger partial charge in [0.1, 0.15) is 12.4 Å². The van der Waals surface area contributed by atoms with Gasteiger partial charge in [0.2, 0.25) is 5.88 Å². The summed E-state index contributed by atoms with van der Waals surface area (Å²) in [6.45, 7) is 0.388. The number of methoxy groups -OCH3 is 1. The lowest BCUT2D eigenvalue weighted by Gasteiger charge is -2.15. The fourth-order valence-electron chi connectivity index (χ4n) is 4.20. The predicted octanol–water partition coefficient (Wildman–Crippen LogP) is 5.34. The highest BCUT2D eigenvalue weighted by atomic mass is 16.5. The number of fused-ring (bicyclic) bond motifs is 1. The van der Waals surface area contributed by atoms with E-state index in [1.807, 2.05) is 66.9 Å². The maximum Gasteiger partial charge on any atom is 0.225 e. The maximum absolute atomic E-state index is 6.26. The van der Waals surface area contributed by atoms with E-state index in [0.717, 1.165) is 33.5 Å². The minimum Gasteiger partial charge on any atom is -0.496 e. The van der Waals surface area contributed by atoms with Crippen LogP contribution in [-0.2, 0) is 6.61 Å². The van der Waals surface area contributed by atoms with Crippen molar-refractivity contribution in [3.05, 3.63) is 90.3 Å². The molecule has 0 radical (unpaired) electrons. The van der Waals surface area contributed by atoms with E-state index in [9.17, 15) is 0 Å². The summed E-state index contributed by atoms with van der Waals surface area (Å²) >= 11 is 0. The minimum atomic E-state index is 0.388. The second kappa shape index (κ2) is 8.59. The number of aromatic nitrogens is 5. The summed E-state index contributed by atoms with van der Waals surface area (Å²) in [6, 6.07) is 22.1. The van der Waals surface area contributed by atoms with E-state index in [1.54, 1.807) is 18.0 Å². The number of nitrogens with zero attached hydrogens (tertiary/aromatic N) is 5. The van der Waals surface area contributed by atoms with E-state index in [0.29, 0.717) is 24.2 Å². The van der Waals surface area contributed by atoms with Gasteiger partial charge in [-0.15, -0.1) is 5.10 Å². The van der Waals surface area contributed by atoms with Gasteiger partial charge in [-0.2, -0.15) is 4.98 Å². The topological polar surface area (TPSA) is 75.0 Å². The normalized spacial score (nSPS) is 13.2. The van der Waals surface area contributed by atoms with Crippen molar-refractivity contribution in [2.75, 3.05) is 7.11 Å². The number of hydrogen-bond donors (Lipinski definition) is 0. The van der Waals surface area contributed by atoms with E-state index in [2.05, 4.69) is 16.4 Å². The Morgan fingerprint density at radius 3 is 2.56 bits per heavy atom. The Labute approximate surface area is 197 Å². The lowest BCUT2D eigenvalue weighted by Crippen LogP contribution is -2.03. The molecule has 0 aliphatic heterocycles. The Kier molecular flexibility index (Phi) is 5.14. The van der Waals surface area contributed by atoms with Crippen LogP contribution >= 0.6 is 0 Å². The summed E-state index contributed by atoms with van der Waals surface area (Å²) in [7, 11) is 1.69. The average molecular weight is 450 g/mol. The van der Waals surface area contributed by atoms with E-state index in [4.69, 9.17) is 19.4 Å². The number of benzene rings is 3. The lowest BCUT2D eigenvalue weighted by atomic mass is 10.0. The number of rotatable bonds is 7. The SMILES string of the molecule is COc1cccc(C2CC2)c1-c1nc(OCc2ccc(-n3ccnn3)cc2)c2ccccc2n1. The molecule has 6 rings (SSSR count). The van der Waals surface area contributed by atoms with Crippen LogP contribution in [0.1, 0.15) is 29.9 Å². The molecule has 0 saturated heterocycles. The van der Waals surface area contributed by atoms with Gasteiger partial charge in [0.25, 0.3) is 0 Å². The molecule has 0 spiro atoms. The monoisotopic (exact) mass is 449 g/mol. The molecule has 0 bridgehead atoms. The van der Waals surface area contributed by atoms with Crippen LogP contribution in [0.25, 0.3) is 28.0 Å². The highest BCUT2D eigenvalue weighted by molar-refractivity contribution is 5.86. The fraction of sp³-hybridized carbons (Fsp3) is 0.185. The van der Waals surface area contributed by atoms with Crippen molar-refractivity contribution in [2.24, 2.45) is 0 Å². The first-order valence-corrected chi connectivity index (χ1v) is 11.3. The van der Waals surface area contributed by atoms with Crippen LogP contribution in [0.15, 0.2) is 79.1 Å². The highest BCUT2D eigenvalue weighted by Gasteiger charge is 2.29. The quantitative estimate of drug-likeness (QED) is 0.334. The van der Waals surface area contributed by atoms with Gasteiger partial charge in [-0.05, 0) is 60.2 Å². The molecule has 7 heteroatoms. The van der Waals surface area contributed by atoms with Crippen molar-refractivity contribution in [1.82, 2.24) is 25.0 Å². The van der Waals surface area contributed by atoms with Crippen LogP contribution in [0.4, 0.5) is 0 Å². The molecular formula is C27H23N5O2. The van der Waals surface area contributed by atoms with E-state index in [-0.39, 0.29) is 0 Å². The maximum atomic E-state index is 6.26. The third-order valence-corrected chi connectivity index (χ3v) is 6.09. The van der Waals surface area contributed by atoms with Crippen LogP contribution < -0.4 is 9.47 Å². The molecule has 1 aliphatic carbocycles. The summed E-state index contributed by atoms with van der Waals surface area (Å²) in [5, 5.41) is 8.77. The average Bonchev–Trinajstić information content (AvgIpc) is 3.60. The second-order valence-corrected chi connectivity index (χ2v) is 8.37. The van der Waals surface area contributed by atoms with Crippen molar-refractivity contribution in [2.45, 2.75) is 25.4 Å². The van der Waals surface area contributed by atoms with Gasteiger partial charge in [-0.3, -0.25) is 0 Å². The molecule has 0 unspecified atom stereocenters. The minimum absolute atomic E-state index is 0.388. The Morgan fingerprint density at radius 1 is 0.941 bits per heavy atom. The van der Waals surface area contributed by atoms with Crippen LogP contribution in [0.5, 0.6) is 11.6 Å². The smallest absolute Gasteiger partial charge is 0.225 e. The van der Waals surface area contributed by atoms with Gasteiger partial charge in [0.05, 0.1) is 41.7 Å². The molecule has 1 aliphatic rings. The first-order valence-electron chi connectivity index (χ1n) is 11.3. The number of hydrogen-bond acceptors (Lipinski definition) is 6. The van der Waals surface area contributed by atoms with Crippen molar-refractivity contribution < 1.29 is 9.47 Å². The Bertz CT molecular complexity index is 1440. The van der Waals surface area contributed by atoms with Crippen LogP contribution in [0.2, 0.25) is 0 Å². The molecule has 168 valence electrons. The van der Waals surface area contributed by atoms with Crippen LogP contribution in [0, 0.1) is 0 Å². The summed E-state index contributed by atoms with van der Waals surface area (Å²) < 4.78 is 13.7. The zero-order chi connectivity index (χ0) is 22.9. The summed E-state index contributed by atoms with van der Waals surface area (Å²) in [4.78, 5) is 9.78. The van der Waals surface area contributed by atoms with Crippen molar-refractivity contribution in [3.8, 4) is 28.7 Å². The first kappa shape index (κ1) is 20.4. The molecule has 3 aromatic carbocycles. The Morgan fingerprint density at radius 2 is 1.79 bits per heavy atom. The summed E-state index contributed by atoms with van der Waals surface area (Å²) in [5.74, 6) is 2.52. The van der Waals surface area contributed by atoms with Gasteiger partial charge < -0.3 is 9.47 Å². The van der Waals surface area contributed by atoms with E-state index in [1.165, 1.54) is 18.4 Å². The van der Waals surface area contributed by atoms with E-state index < -0.39 is 0 Å². The van der Waals surface area contributed by atoms with Gasteiger partial charge in [-0.1, -0.05) is 41.6 Å². The van der Waals surface area contributed by atoms with Gasteiger partial charge >= 0.3 is 0 Å². The van der Waals surface area contributed by atoms with Gasteiger partial charge in [-0.25, -0.2) is 9.67 Å². The summed E-state index contributed by atoms with van der Waals surface area (Å²) in [5.41, 5.74) is 5.02. The molecule has 1 fully saturated rings. The van der Waals surface area contributed by atoms with Crippen molar-refractivity contribution in [3.63, 3.8) is 0 Å². The van der Waals surface area contributed by atoms with Gasteiger partial charge in [0, 0.05) is 0 Å². The molecule has 5 aromatic rings. The summed E-state index contributed by atoms with van der Waals surface area (Å²) in [6.07, 6.45) is 5.84. The third kappa shape index (κ3) is 3.85. The highest BCUT2D eigenvalue weighted by Crippen LogP contribution is 2.47. The zero-order valence-corrected chi connectivity index (χ0v) is 18.8. The van der Waals surface area contributed by atoms with Crippen LogP contribution in [0.3, 0.4) is 0 Å². The Hall–Kier alpha value is -4.26. The third-order valence-electron chi connectivity index (χ3n) is 6.09. The number of ether oxygens (including phenoxy) is 2. The Balaban J connectivity index is 1.36. The standard InChI is InChI=1S/C27H23N5O2/c1-33-24-8-4-6-21(19-11-12-19)25(24)26-29-23-7-3-2-5-22(23)27(30-26)34-17-18-9-13-20(14-10-18)32-16-15-28-31-32/h2-10,13-16,19H,11-12,17H2,1H3. The molecule has 0 amide bonds. The molecule has 34 heavy (non-hydrogen) atoms. The first-order chi connectivity index (χ1) is 16.8. The molecule has 7 nitrogen and oxygen atoms in total. The molecule has 1 saturated carbocycles.